The third-order valence-corrected chi connectivity index (χ3v) is 4.44. The van der Waals surface area contributed by atoms with Crippen LogP contribution in [0.15, 0.2) is 30.3 Å². The van der Waals surface area contributed by atoms with Gasteiger partial charge in [-0.25, -0.2) is 9.97 Å². The topological polar surface area (TPSA) is 104 Å². The van der Waals surface area contributed by atoms with E-state index in [9.17, 15) is 4.79 Å². The van der Waals surface area contributed by atoms with Crippen LogP contribution in [0.2, 0.25) is 0 Å². The van der Waals surface area contributed by atoms with Crippen molar-refractivity contribution in [2.24, 2.45) is 0 Å². The standard InChI is InChI=1S/C16H16N4O2S/c1-2-22-11(21)8-10-13(17)12-14(18)19-15(20-16(12)23-10)9-6-4-3-5-7-9/h3-7H,2,8,17H2,1H3,(H2,18,19,20). The van der Waals surface area contributed by atoms with Crippen LogP contribution in [0, 0.1) is 0 Å². The number of thiophene rings is 1. The van der Waals surface area contributed by atoms with Gasteiger partial charge in [0, 0.05) is 10.4 Å². The smallest absolute Gasteiger partial charge is 0.311 e. The summed E-state index contributed by atoms with van der Waals surface area (Å²) >= 11 is 1.34. The van der Waals surface area contributed by atoms with E-state index in [4.69, 9.17) is 16.2 Å². The molecule has 1 aromatic carbocycles. The lowest BCUT2D eigenvalue weighted by Gasteiger charge is -2.03. The fourth-order valence-electron chi connectivity index (χ4n) is 2.29. The Balaban J connectivity index is 2.06. The monoisotopic (exact) mass is 328 g/mol. The zero-order valence-electron chi connectivity index (χ0n) is 12.6. The number of hydrogen-bond donors (Lipinski definition) is 2. The van der Waals surface area contributed by atoms with Gasteiger partial charge in [0.2, 0.25) is 0 Å². The molecule has 0 spiro atoms. The predicted octanol–water partition coefficient (Wildman–Crippen LogP) is 2.63. The average molecular weight is 328 g/mol. The van der Waals surface area contributed by atoms with Crippen molar-refractivity contribution in [2.45, 2.75) is 13.3 Å². The van der Waals surface area contributed by atoms with Gasteiger partial charge in [0.25, 0.3) is 0 Å². The molecular formula is C16H16N4O2S. The lowest BCUT2D eigenvalue weighted by Crippen LogP contribution is -2.07. The Kier molecular flexibility index (Phi) is 4.12. The van der Waals surface area contributed by atoms with Crippen molar-refractivity contribution in [3.05, 3.63) is 35.2 Å². The summed E-state index contributed by atoms with van der Waals surface area (Å²) in [7, 11) is 0. The number of fused-ring (bicyclic) bond motifs is 1. The molecule has 0 aliphatic rings. The maximum absolute atomic E-state index is 11.7. The minimum atomic E-state index is -0.319. The Morgan fingerprint density at radius 2 is 1.96 bits per heavy atom. The number of nitrogen functional groups attached to an aromatic ring is 2. The number of carbonyl (C=O) groups is 1. The zero-order valence-corrected chi connectivity index (χ0v) is 13.4. The van der Waals surface area contributed by atoms with Crippen molar-refractivity contribution in [3.8, 4) is 11.4 Å². The van der Waals surface area contributed by atoms with E-state index in [1.54, 1.807) is 6.92 Å². The summed E-state index contributed by atoms with van der Waals surface area (Å²) in [6, 6.07) is 9.57. The molecule has 3 aromatic rings. The van der Waals surface area contributed by atoms with Gasteiger partial charge in [0.05, 0.1) is 24.1 Å². The molecular weight excluding hydrogens is 312 g/mol. The molecule has 2 heterocycles. The van der Waals surface area contributed by atoms with E-state index >= 15 is 0 Å². The highest BCUT2D eigenvalue weighted by Gasteiger charge is 2.18. The molecule has 6 nitrogen and oxygen atoms in total. The average Bonchev–Trinajstić information content (AvgIpc) is 2.85. The first-order valence-electron chi connectivity index (χ1n) is 7.15. The SMILES string of the molecule is CCOC(=O)Cc1sc2nc(-c3ccccc3)nc(N)c2c1N. The van der Waals surface area contributed by atoms with Gasteiger partial charge in [-0.1, -0.05) is 30.3 Å². The molecule has 23 heavy (non-hydrogen) atoms. The van der Waals surface area contributed by atoms with Crippen molar-refractivity contribution in [1.29, 1.82) is 0 Å². The quantitative estimate of drug-likeness (QED) is 0.713. The van der Waals surface area contributed by atoms with Crippen molar-refractivity contribution in [2.75, 3.05) is 18.1 Å². The molecule has 0 saturated carbocycles. The highest BCUT2D eigenvalue weighted by atomic mass is 32.1. The second kappa shape index (κ2) is 6.21. The number of esters is 1. The fraction of sp³-hybridized carbons (Fsp3) is 0.188. The first-order chi connectivity index (χ1) is 11.1. The molecule has 0 radical (unpaired) electrons. The Morgan fingerprint density at radius 1 is 1.22 bits per heavy atom. The van der Waals surface area contributed by atoms with E-state index in [0.29, 0.717) is 39.0 Å². The summed E-state index contributed by atoms with van der Waals surface area (Å²) in [6.45, 7) is 2.10. The van der Waals surface area contributed by atoms with Crippen LogP contribution in [0.25, 0.3) is 21.6 Å². The summed E-state index contributed by atoms with van der Waals surface area (Å²) in [5.74, 6) is 0.540. The normalized spacial score (nSPS) is 10.8. The van der Waals surface area contributed by atoms with Crippen LogP contribution >= 0.6 is 11.3 Å². The molecule has 0 saturated heterocycles. The number of nitrogens with zero attached hydrogens (tertiary/aromatic N) is 2. The van der Waals surface area contributed by atoms with Crippen LogP contribution in [0.5, 0.6) is 0 Å². The van der Waals surface area contributed by atoms with E-state index in [2.05, 4.69) is 9.97 Å². The van der Waals surface area contributed by atoms with E-state index < -0.39 is 0 Å². The van der Waals surface area contributed by atoms with Gasteiger partial charge in [-0.05, 0) is 6.92 Å². The Hall–Kier alpha value is -2.67. The largest absolute Gasteiger partial charge is 0.466 e. The molecule has 0 aliphatic heterocycles. The van der Waals surface area contributed by atoms with Gasteiger partial charge in [-0.15, -0.1) is 11.3 Å². The summed E-state index contributed by atoms with van der Waals surface area (Å²) in [5.41, 5.74) is 13.5. The number of hydrogen-bond acceptors (Lipinski definition) is 7. The summed E-state index contributed by atoms with van der Waals surface area (Å²) < 4.78 is 4.96. The van der Waals surface area contributed by atoms with Gasteiger partial charge in [-0.3, -0.25) is 4.79 Å². The minimum Gasteiger partial charge on any atom is -0.466 e. The number of aromatic nitrogens is 2. The molecule has 118 valence electrons. The van der Waals surface area contributed by atoms with Gasteiger partial charge >= 0.3 is 5.97 Å². The van der Waals surface area contributed by atoms with E-state index in [1.807, 2.05) is 30.3 Å². The van der Waals surface area contributed by atoms with Crippen molar-refractivity contribution >= 4 is 39.0 Å². The van der Waals surface area contributed by atoms with E-state index in [-0.39, 0.29) is 12.4 Å². The lowest BCUT2D eigenvalue weighted by molar-refractivity contribution is -0.142. The Labute approximate surface area is 137 Å². The summed E-state index contributed by atoms with van der Waals surface area (Å²) in [5, 5.41) is 0.606. The fourth-order valence-corrected chi connectivity index (χ4v) is 3.37. The van der Waals surface area contributed by atoms with E-state index in [0.717, 1.165) is 5.56 Å². The van der Waals surface area contributed by atoms with Crippen LogP contribution in [0.4, 0.5) is 11.5 Å². The molecule has 0 atom stereocenters. The van der Waals surface area contributed by atoms with E-state index in [1.165, 1.54) is 11.3 Å². The molecule has 2 aromatic heterocycles. The lowest BCUT2D eigenvalue weighted by atomic mass is 10.2. The maximum atomic E-state index is 11.7. The number of carbonyl (C=O) groups excluding carboxylic acids is 1. The Morgan fingerprint density at radius 3 is 2.65 bits per heavy atom. The van der Waals surface area contributed by atoms with Gasteiger partial charge < -0.3 is 16.2 Å². The highest BCUT2D eigenvalue weighted by Crippen LogP contribution is 2.37. The molecule has 0 bridgehead atoms. The van der Waals surface area contributed by atoms with Crippen molar-refractivity contribution in [1.82, 2.24) is 9.97 Å². The van der Waals surface area contributed by atoms with Crippen LogP contribution in [-0.2, 0) is 16.0 Å². The molecule has 0 fully saturated rings. The summed E-state index contributed by atoms with van der Waals surface area (Å²) in [4.78, 5) is 21.9. The summed E-state index contributed by atoms with van der Waals surface area (Å²) in [6.07, 6.45) is 0.112. The number of benzene rings is 1. The second-order valence-electron chi connectivity index (χ2n) is 4.90. The van der Waals surface area contributed by atoms with Crippen LogP contribution in [0.3, 0.4) is 0 Å². The van der Waals surface area contributed by atoms with Gasteiger partial charge in [0.1, 0.15) is 10.6 Å². The third kappa shape index (κ3) is 2.95. The first-order valence-corrected chi connectivity index (χ1v) is 7.97. The number of ether oxygens (including phenoxy) is 1. The number of rotatable bonds is 4. The molecule has 3 rings (SSSR count). The van der Waals surface area contributed by atoms with Crippen molar-refractivity contribution < 1.29 is 9.53 Å². The predicted molar refractivity (Wildman–Crippen MR) is 92.0 cm³/mol. The van der Waals surface area contributed by atoms with Gasteiger partial charge in [0.15, 0.2) is 5.82 Å². The first kappa shape index (κ1) is 15.2. The van der Waals surface area contributed by atoms with Crippen LogP contribution < -0.4 is 11.5 Å². The maximum Gasteiger partial charge on any atom is 0.311 e. The third-order valence-electron chi connectivity index (χ3n) is 3.34. The number of anilines is 2. The molecule has 7 heteroatoms. The molecule has 0 unspecified atom stereocenters. The van der Waals surface area contributed by atoms with Gasteiger partial charge in [-0.2, -0.15) is 0 Å². The molecule has 0 amide bonds. The van der Waals surface area contributed by atoms with Crippen molar-refractivity contribution in [3.63, 3.8) is 0 Å². The zero-order chi connectivity index (χ0) is 16.4. The minimum absolute atomic E-state index is 0.112. The van der Waals surface area contributed by atoms with Crippen LogP contribution in [-0.4, -0.2) is 22.5 Å². The van der Waals surface area contributed by atoms with Crippen LogP contribution in [0.1, 0.15) is 11.8 Å². The molecule has 4 N–H and O–H groups in total. The Bertz CT molecular complexity index is 861. The second-order valence-corrected chi connectivity index (χ2v) is 5.98. The molecule has 0 aliphatic carbocycles. The number of nitrogens with two attached hydrogens (primary N) is 2. The highest BCUT2D eigenvalue weighted by molar-refractivity contribution is 7.19.